The fraction of sp³-hybridized carbons (Fsp3) is 0.625. The van der Waals surface area contributed by atoms with Gasteiger partial charge in [0.15, 0.2) is 0 Å². The molecule has 1 heterocycles. The van der Waals surface area contributed by atoms with Gasteiger partial charge in [0, 0.05) is 49.8 Å². The summed E-state index contributed by atoms with van der Waals surface area (Å²) in [4.78, 5) is 5.06. The molecule has 0 amide bonds. The lowest BCUT2D eigenvalue weighted by atomic mass is 10.0. The molecular weight excluding hydrogens is 270 g/mol. The summed E-state index contributed by atoms with van der Waals surface area (Å²) in [6.45, 7) is 9.64. The first-order valence-electron chi connectivity index (χ1n) is 7.59. The molecule has 1 fully saturated rings. The maximum Gasteiger partial charge on any atom is 0.0472 e. The van der Waals surface area contributed by atoms with Crippen LogP contribution >= 0.6 is 11.6 Å². The summed E-state index contributed by atoms with van der Waals surface area (Å²) in [6.07, 6.45) is 1.22. The highest BCUT2D eigenvalue weighted by Crippen LogP contribution is 2.24. The Bertz CT molecular complexity index is 416. The molecule has 0 aromatic heterocycles. The third-order valence-corrected chi connectivity index (χ3v) is 4.70. The standard InChI is InChI=1S/C16H26ClN3/c1-3-13(2)19-7-9-20(10-8-19)16(12-18)14-5-4-6-15(17)11-14/h4-6,11,13,16H,3,7-10,12,18H2,1-2H3. The Hall–Kier alpha value is -0.610. The van der Waals surface area contributed by atoms with Crippen LogP contribution in [0.3, 0.4) is 0 Å². The van der Waals surface area contributed by atoms with Crippen LogP contribution in [-0.2, 0) is 0 Å². The third-order valence-electron chi connectivity index (χ3n) is 4.46. The molecule has 1 aliphatic heterocycles. The molecule has 112 valence electrons. The number of piperazine rings is 1. The molecule has 1 aromatic rings. The van der Waals surface area contributed by atoms with Crippen LogP contribution in [0.5, 0.6) is 0 Å². The van der Waals surface area contributed by atoms with E-state index in [1.54, 1.807) is 0 Å². The highest BCUT2D eigenvalue weighted by atomic mass is 35.5. The van der Waals surface area contributed by atoms with E-state index in [1.807, 2.05) is 18.2 Å². The second kappa shape index (κ2) is 7.41. The van der Waals surface area contributed by atoms with E-state index in [9.17, 15) is 0 Å². The molecule has 0 spiro atoms. The molecule has 1 saturated heterocycles. The first-order valence-corrected chi connectivity index (χ1v) is 7.97. The molecule has 2 atom stereocenters. The summed E-state index contributed by atoms with van der Waals surface area (Å²) in [5.74, 6) is 0. The van der Waals surface area contributed by atoms with E-state index in [-0.39, 0.29) is 6.04 Å². The number of benzene rings is 1. The number of hydrogen-bond acceptors (Lipinski definition) is 3. The molecule has 3 nitrogen and oxygen atoms in total. The van der Waals surface area contributed by atoms with Crippen molar-refractivity contribution < 1.29 is 0 Å². The van der Waals surface area contributed by atoms with Crippen LogP contribution in [0.2, 0.25) is 5.02 Å². The predicted molar refractivity (Wildman–Crippen MR) is 86.1 cm³/mol. The summed E-state index contributed by atoms with van der Waals surface area (Å²) in [5.41, 5.74) is 7.24. The Kier molecular flexibility index (Phi) is 5.85. The van der Waals surface area contributed by atoms with Crippen molar-refractivity contribution in [2.24, 2.45) is 5.73 Å². The number of halogens is 1. The van der Waals surface area contributed by atoms with Gasteiger partial charge in [-0.3, -0.25) is 9.80 Å². The molecule has 2 unspecified atom stereocenters. The minimum Gasteiger partial charge on any atom is -0.329 e. The topological polar surface area (TPSA) is 32.5 Å². The quantitative estimate of drug-likeness (QED) is 0.906. The zero-order valence-electron chi connectivity index (χ0n) is 12.6. The molecular formula is C16H26ClN3. The molecule has 2 rings (SSSR count). The van der Waals surface area contributed by atoms with Gasteiger partial charge < -0.3 is 5.73 Å². The Morgan fingerprint density at radius 1 is 1.20 bits per heavy atom. The van der Waals surface area contributed by atoms with Crippen LogP contribution in [0, 0.1) is 0 Å². The molecule has 0 saturated carbocycles. The van der Waals surface area contributed by atoms with Gasteiger partial charge in [0.1, 0.15) is 0 Å². The first-order chi connectivity index (χ1) is 9.65. The molecule has 1 aliphatic rings. The van der Waals surface area contributed by atoms with Gasteiger partial charge in [-0.25, -0.2) is 0 Å². The first kappa shape index (κ1) is 15.8. The number of rotatable bonds is 5. The van der Waals surface area contributed by atoms with Crippen LogP contribution in [0.1, 0.15) is 31.9 Å². The van der Waals surface area contributed by atoms with Gasteiger partial charge in [-0.15, -0.1) is 0 Å². The molecule has 1 aromatic carbocycles. The van der Waals surface area contributed by atoms with Gasteiger partial charge in [0.2, 0.25) is 0 Å². The van der Waals surface area contributed by atoms with E-state index >= 15 is 0 Å². The zero-order chi connectivity index (χ0) is 14.5. The van der Waals surface area contributed by atoms with Crippen molar-refractivity contribution >= 4 is 11.6 Å². The van der Waals surface area contributed by atoms with Gasteiger partial charge in [-0.2, -0.15) is 0 Å². The second-order valence-corrected chi connectivity index (χ2v) is 6.07. The van der Waals surface area contributed by atoms with Crippen molar-refractivity contribution in [2.75, 3.05) is 32.7 Å². The zero-order valence-corrected chi connectivity index (χ0v) is 13.3. The van der Waals surface area contributed by atoms with Crippen LogP contribution < -0.4 is 5.73 Å². The normalized spacial score (nSPS) is 20.8. The van der Waals surface area contributed by atoms with Gasteiger partial charge in [-0.05, 0) is 31.0 Å². The Morgan fingerprint density at radius 3 is 2.40 bits per heavy atom. The van der Waals surface area contributed by atoms with E-state index in [0.29, 0.717) is 12.6 Å². The SMILES string of the molecule is CCC(C)N1CCN(C(CN)c2cccc(Cl)c2)CC1. The summed E-state index contributed by atoms with van der Waals surface area (Å²) < 4.78 is 0. The van der Waals surface area contributed by atoms with Crippen molar-refractivity contribution in [1.82, 2.24) is 9.80 Å². The Morgan fingerprint density at radius 2 is 1.85 bits per heavy atom. The summed E-state index contributed by atoms with van der Waals surface area (Å²) in [7, 11) is 0. The largest absolute Gasteiger partial charge is 0.329 e. The Labute approximate surface area is 127 Å². The van der Waals surface area contributed by atoms with Crippen molar-refractivity contribution in [2.45, 2.75) is 32.4 Å². The number of nitrogens with two attached hydrogens (primary N) is 1. The highest BCUT2D eigenvalue weighted by Gasteiger charge is 2.25. The summed E-state index contributed by atoms with van der Waals surface area (Å²) >= 11 is 6.10. The van der Waals surface area contributed by atoms with Crippen LogP contribution in [-0.4, -0.2) is 48.6 Å². The van der Waals surface area contributed by atoms with Crippen molar-refractivity contribution in [1.29, 1.82) is 0 Å². The van der Waals surface area contributed by atoms with E-state index in [2.05, 4.69) is 29.7 Å². The number of nitrogens with zero attached hydrogens (tertiary/aromatic N) is 2. The maximum absolute atomic E-state index is 6.10. The fourth-order valence-corrected chi connectivity index (χ4v) is 3.16. The van der Waals surface area contributed by atoms with Crippen molar-refractivity contribution in [3.8, 4) is 0 Å². The van der Waals surface area contributed by atoms with Gasteiger partial charge >= 0.3 is 0 Å². The van der Waals surface area contributed by atoms with Gasteiger partial charge in [-0.1, -0.05) is 30.7 Å². The van der Waals surface area contributed by atoms with Crippen molar-refractivity contribution in [3.05, 3.63) is 34.9 Å². The fourth-order valence-electron chi connectivity index (χ4n) is 2.96. The van der Waals surface area contributed by atoms with E-state index in [1.165, 1.54) is 12.0 Å². The lowest BCUT2D eigenvalue weighted by Crippen LogP contribution is -2.51. The average molecular weight is 296 g/mol. The molecule has 2 N–H and O–H groups in total. The highest BCUT2D eigenvalue weighted by molar-refractivity contribution is 6.30. The molecule has 0 aliphatic carbocycles. The predicted octanol–water partition coefficient (Wildman–Crippen LogP) is 2.76. The minimum absolute atomic E-state index is 0.285. The van der Waals surface area contributed by atoms with Crippen LogP contribution in [0.25, 0.3) is 0 Å². The average Bonchev–Trinajstić information content (AvgIpc) is 2.48. The van der Waals surface area contributed by atoms with Crippen LogP contribution in [0.4, 0.5) is 0 Å². The van der Waals surface area contributed by atoms with Crippen molar-refractivity contribution in [3.63, 3.8) is 0 Å². The maximum atomic E-state index is 6.10. The second-order valence-electron chi connectivity index (χ2n) is 5.64. The summed E-state index contributed by atoms with van der Waals surface area (Å²) in [6, 6.07) is 9.06. The van der Waals surface area contributed by atoms with E-state index in [4.69, 9.17) is 17.3 Å². The molecule has 0 radical (unpaired) electrons. The molecule has 0 bridgehead atoms. The van der Waals surface area contributed by atoms with E-state index < -0.39 is 0 Å². The van der Waals surface area contributed by atoms with E-state index in [0.717, 1.165) is 31.2 Å². The summed E-state index contributed by atoms with van der Waals surface area (Å²) in [5, 5.41) is 0.791. The van der Waals surface area contributed by atoms with Gasteiger partial charge in [0.05, 0.1) is 0 Å². The Balaban J connectivity index is 2.00. The molecule has 4 heteroatoms. The smallest absolute Gasteiger partial charge is 0.0472 e. The van der Waals surface area contributed by atoms with Crippen LogP contribution in [0.15, 0.2) is 24.3 Å². The monoisotopic (exact) mass is 295 g/mol. The lowest BCUT2D eigenvalue weighted by Gasteiger charge is -2.41. The number of hydrogen-bond donors (Lipinski definition) is 1. The van der Waals surface area contributed by atoms with Gasteiger partial charge in [0.25, 0.3) is 0 Å². The third kappa shape index (κ3) is 3.73. The lowest BCUT2D eigenvalue weighted by molar-refractivity contribution is 0.0743. The minimum atomic E-state index is 0.285. The molecule has 20 heavy (non-hydrogen) atoms.